The van der Waals surface area contributed by atoms with Crippen LogP contribution in [0.2, 0.25) is 0 Å². The molecule has 0 saturated heterocycles. The molecule has 0 radical (unpaired) electrons. The number of fused-ring (bicyclic) bond motifs is 1. The maximum Gasteiger partial charge on any atom is 0.491 e. The number of alkyl halides is 3. The number of ether oxygens (including phenoxy) is 1. The van der Waals surface area contributed by atoms with Crippen molar-refractivity contribution in [3.8, 4) is 5.75 Å². The summed E-state index contributed by atoms with van der Waals surface area (Å²) in [5.74, 6) is -3.09. The van der Waals surface area contributed by atoms with Gasteiger partial charge in [0.1, 0.15) is 0 Å². The number of esters is 1. The van der Waals surface area contributed by atoms with Crippen LogP contribution in [0, 0.1) is 0 Å². The average molecular weight is 314 g/mol. The molecule has 0 aliphatic carbocycles. The molecule has 0 amide bonds. The minimum atomic E-state index is -5.16. The highest BCUT2D eigenvalue weighted by Gasteiger charge is 2.41. The number of aryl methyl sites for hydroxylation is 1. The van der Waals surface area contributed by atoms with Crippen LogP contribution < -0.4 is 16.0 Å². The lowest BCUT2D eigenvalue weighted by molar-refractivity contribution is -0.189. The molecule has 2 N–H and O–H groups in total. The monoisotopic (exact) mass is 314 g/mol. The number of pyridine rings is 1. The summed E-state index contributed by atoms with van der Waals surface area (Å²) in [5.41, 5.74) is 6.05. The molecule has 0 atom stereocenters. The standard InChI is InChI=1S/C14H13F3N2O3/c1-19-10-6-8(4-5-18)2-3-9(10)7-11(12(19)20)22-13(21)14(15,16)17/h2-3,6-7H,4-5,18H2,1H3. The third-order valence-corrected chi connectivity index (χ3v) is 3.13. The van der Waals surface area contributed by atoms with Gasteiger partial charge in [-0.2, -0.15) is 13.2 Å². The van der Waals surface area contributed by atoms with Crippen LogP contribution >= 0.6 is 0 Å². The molecule has 2 rings (SSSR count). The molecular weight excluding hydrogens is 301 g/mol. The quantitative estimate of drug-likeness (QED) is 0.872. The van der Waals surface area contributed by atoms with E-state index in [0.717, 1.165) is 16.2 Å². The third kappa shape index (κ3) is 3.11. The number of rotatable bonds is 3. The van der Waals surface area contributed by atoms with Crippen LogP contribution in [0.4, 0.5) is 13.2 Å². The van der Waals surface area contributed by atoms with E-state index in [1.807, 2.05) is 0 Å². The van der Waals surface area contributed by atoms with Gasteiger partial charge in [-0.1, -0.05) is 12.1 Å². The lowest BCUT2D eigenvalue weighted by atomic mass is 10.1. The number of carbonyl (C=O) groups is 1. The Morgan fingerprint density at radius 1 is 1.32 bits per heavy atom. The summed E-state index contributed by atoms with van der Waals surface area (Å²) in [6, 6.07) is 6.21. The van der Waals surface area contributed by atoms with E-state index in [1.54, 1.807) is 18.2 Å². The van der Waals surface area contributed by atoms with Gasteiger partial charge in [0.05, 0.1) is 5.52 Å². The second-order valence-corrected chi connectivity index (χ2v) is 4.69. The first-order valence-electron chi connectivity index (χ1n) is 6.36. The van der Waals surface area contributed by atoms with Crippen LogP contribution in [0.1, 0.15) is 5.56 Å². The van der Waals surface area contributed by atoms with Gasteiger partial charge < -0.3 is 15.0 Å². The van der Waals surface area contributed by atoms with Crippen molar-refractivity contribution in [2.45, 2.75) is 12.6 Å². The van der Waals surface area contributed by atoms with Crippen molar-refractivity contribution in [1.82, 2.24) is 4.57 Å². The summed E-state index contributed by atoms with van der Waals surface area (Å²) in [6.07, 6.45) is -4.56. The smallest absolute Gasteiger partial charge is 0.414 e. The highest BCUT2D eigenvalue weighted by Crippen LogP contribution is 2.22. The van der Waals surface area contributed by atoms with E-state index in [4.69, 9.17) is 5.73 Å². The fourth-order valence-corrected chi connectivity index (χ4v) is 2.03. The summed E-state index contributed by atoms with van der Waals surface area (Å²) in [6.45, 7) is 0.431. The Kier molecular flexibility index (Phi) is 4.23. The summed E-state index contributed by atoms with van der Waals surface area (Å²) in [5, 5.41) is 0.479. The molecule has 5 nitrogen and oxygen atoms in total. The second kappa shape index (κ2) is 5.80. The third-order valence-electron chi connectivity index (χ3n) is 3.13. The first kappa shape index (κ1) is 16.0. The first-order valence-corrected chi connectivity index (χ1v) is 6.36. The summed E-state index contributed by atoms with van der Waals surface area (Å²) in [7, 11) is 1.39. The normalized spacial score (nSPS) is 11.7. The lowest BCUT2D eigenvalue weighted by Gasteiger charge is -2.11. The molecule has 1 aromatic heterocycles. The van der Waals surface area contributed by atoms with Gasteiger partial charge in [0, 0.05) is 12.4 Å². The van der Waals surface area contributed by atoms with E-state index in [0.29, 0.717) is 23.9 Å². The van der Waals surface area contributed by atoms with E-state index in [-0.39, 0.29) is 0 Å². The number of hydrogen-bond donors (Lipinski definition) is 1. The maximum absolute atomic E-state index is 12.2. The van der Waals surface area contributed by atoms with Gasteiger partial charge in [-0.3, -0.25) is 4.79 Å². The Morgan fingerprint density at radius 3 is 2.59 bits per heavy atom. The number of carbonyl (C=O) groups excluding carboxylic acids is 1. The van der Waals surface area contributed by atoms with E-state index < -0.39 is 23.5 Å². The molecule has 0 bridgehead atoms. The topological polar surface area (TPSA) is 74.3 Å². The van der Waals surface area contributed by atoms with Gasteiger partial charge >= 0.3 is 12.1 Å². The van der Waals surface area contributed by atoms with Crippen LogP contribution in [-0.4, -0.2) is 23.3 Å². The first-order chi connectivity index (χ1) is 10.2. The molecule has 0 saturated carbocycles. The Bertz CT molecular complexity index is 781. The average Bonchev–Trinajstić information content (AvgIpc) is 2.44. The number of nitrogens with two attached hydrogens (primary N) is 1. The molecule has 0 aliphatic rings. The van der Waals surface area contributed by atoms with E-state index in [9.17, 15) is 22.8 Å². The molecule has 8 heteroatoms. The van der Waals surface area contributed by atoms with Gasteiger partial charge in [-0.05, 0) is 30.7 Å². The fraction of sp³-hybridized carbons (Fsp3) is 0.286. The summed E-state index contributed by atoms with van der Waals surface area (Å²) >= 11 is 0. The zero-order chi connectivity index (χ0) is 16.5. The molecular formula is C14H13F3N2O3. The summed E-state index contributed by atoms with van der Waals surface area (Å²) < 4.78 is 42.0. The Balaban J connectivity index is 2.51. The second-order valence-electron chi connectivity index (χ2n) is 4.69. The van der Waals surface area contributed by atoms with E-state index in [2.05, 4.69) is 4.74 Å². The van der Waals surface area contributed by atoms with Crippen molar-refractivity contribution in [2.24, 2.45) is 12.8 Å². The number of hydrogen-bond acceptors (Lipinski definition) is 4. The van der Waals surface area contributed by atoms with Crippen LogP contribution in [0.25, 0.3) is 10.9 Å². The minimum Gasteiger partial charge on any atom is -0.414 e. The molecule has 1 aromatic carbocycles. The molecule has 1 heterocycles. The highest BCUT2D eigenvalue weighted by molar-refractivity contribution is 5.83. The van der Waals surface area contributed by atoms with Gasteiger partial charge in [-0.25, -0.2) is 4.79 Å². The zero-order valence-electron chi connectivity index (χ0n) is 11.6. The van der Waals surface area contributed by atoms with E-state index >= 15 is 0 Å². The molecule has 118 valence electrons. The number of nitrogens with zero attached hydrogens (tertiary/aromatic N) is 1. The van der Waals surface area contributed by atoms with Crippen LogP contribution in [-0.2, 0) is 18.3 Å². The van der Waals surface area contributed by atoms with E-state index in [1.165, 1.54) is 7.05 Å². The predicted molar refractivity (Wildman–Crippen MR) is 73.6 cm³/mol. The van der Waals surface area contributed by atoms with Gasteiger partial charge in [0.25, 0.3) is 5.56 Å². The largest absolute Gasteiger partial charge is 0.491 e. The Labute approximate surface area is 123 Å². The minimum absolute atomic E-state index is 0.431. The SMILES string of the molecule is Cn1c(=O)c(OC(=O)C(F)(F)F)cc2ccc(CCN)cc21. The zero-order valence-corrected chi connectivity index (χ0v) is 11.6. The van der Waals surface area contributed by atoms with Crippen molar-refractivity contribution in [1.29, 1.82) is 0 Å². The van der Waals surface area contributed by atoms with Gasteiger partial charge in [0.15, 0.2) is 5.75 Å². The molecule has 0 fully saturated rings. The molecule has 0 aliphatic heterocycles. The number of benzene rings is 1. The molecule has 22 heavy (non-hydrogen) atoms. The van der Waals surface area contributed by atoms with Crippen molar-refractivity contribution in [3.63, 3.8) is 0 Å². The number of aromatic nitrogens is 1. The van der Waals surface area contributed by atoms with Crippen molar-refractivity contribution in [2.75, 3.05) is 6.54 Å². The number of halogens is 3. The Morgan fingerprint density at radius 2 is 2.00 bits per heavy atom. The Hall–Kier alpha value is -2.35. The van der Waals surface area contributed by atoms with Crippen molar-refractivity contribution >= 4 is 16.9 Å². The van der Waals surface area contributed by atoms with Crippen LogP contribution in [0.5, 0.6) is 5.75 Å². The summed E-state index contributed by atoms with van der Waals surface area (Å²) in [4.78, 5) is 22.9. The predicted octanol–water partition coefficient (Wildman–Crippen LogP) is 1.51. The molecule has 0 spiro atoms. The van der Waals surface area contributed by atoms with Gasteiger partial charge in [-0.15, -0.1) is 0 Å². The van der Waals surface area contributed by atoms with Crippen LogP contribution in [0.3, 0.4) is 0 Å². The highest BCUT2D eigenvalue weighted by atomic mass is 19.4. The lowest BCUT2D eigenvalue weighted by Crippen LogP contribution is -2.31. The van der Waals surface area contributed by atoms with Crippen molar-refractivity contribution < 1.29 is 22.7 Å². The fourth-order valence-electron chi connectivity index (χ4n) is 2.03. The van der Waals surface area contributed by atoms with Gasteiger partial charge in [0.2, 0.25) is 0 Å². The van der Waals surface area contributed by atoms with Crippen LogP contribution in [0.15, 0.2) is 29.1 Å². The molecule has 0 unspecified atom stereocenters. The van der Waals surface area contributed by atoms with Crippen molar-refractivity contribution in [3.05, 3.63) is 40.2 Å². The maximum atomic E-state index is 12.2. The molecule has 2 aromatic rings.